The third-order valence-electron chi connectivity index (χ3n) is 7.10. The molecule has 154 valence electrons. The first-order chi connectivity index (χ1) is 14.1. The van der Waals surface area contributed by atoms with Gasteiger partial charge in [-0.3, -0.25) is 9.88 Å². The Hall–Kier alpha value is -1.95. The molecule has 29 heavy (non-hydrogen) atoms. The molecule has 3 heterocycles. The fraction of sp³-hybridized carbons (Fsp3) is 0.542. The molecule has 0 amide bonds. The van der Waals surface area contributed by atoms with Gasteiger partial charge in [0.2, 0.25) is 0 Å². The highest BCUT2D eigenvalue weighted by molar-refractivity contribution is 5.48. The van der Waals surface area contributed by atoms with Crippen molar-refractivity contribution in [3.8, 4) is 0 Å². The number of ether oxygens (including phenoxy) is 1. The van der Waals surface area contributed by atoms with Crippen molar-refractivity contribution >= 4 is 5.69 Å². The summed E-state index contributed by atoms with van der Waals surface area (Å²) in [6.45, 7) is 8.59. The number of pyridine rings is 1. The number of nitrogens with zero attached hydrogens (tertiary/aromatic N) is 3. The number of anilines is 1. The minimum Gasteiger partial charge on any atom is -0.383 e. The molecule has 1 aliphatic carbocycles. The second kappa shape index (κ2) is 7.71. The molecule has 2 aliphatic heterocycles. The number of aryl methyl sites for hydroxylation is 1. The fourth-order valence-corrected chi connectivity index (χ4v) is 5.45. The molecule has 2 aromatic rings. The zero-order valence-electron chi connectivity index (χ0n) is 17.3. The van der Waals surface area contributed by atoms with Crippen LogP contribution >= 0.6 is 0 Å². The van der Waals surface area contributed by atoms with Gasteiger partial charge in [0, 0.05) is 50.5 Å². The van der Waals surface area contributed by atoms with E-state index in [1.54, 1.807) is 0 Å². The zero-order valence-corrected chi connectivity index (χ0v) is 17.3. The molecule has 1 saturated carbocycles. The Balaban J connectivity index is 1.24. The summed E-state index contributed by atoms with van der Waals surface area (Å²) in [5, 5.41) is 11.5. The van der Waals surface area contributed by atoms with Gasteiger partial charge >= 0.3 is 0 Å². The van der Waals surface area contributed by atoms with E-state index in [4.69, 9.17) is 4.74 Å². The van der Waals surface area contributed by atoms with Crippen molar-refractivity contribution in [1.82, 2.24) is 9.88 Å². The number of likely N-dealkylation sites (tertiary alicyclic amines) is 1. The highest BCUT2D eigenvalue weighted by Gasteiger charge is 2.52. The Morgan fingerprint density at radius 2 is 1.90 bits per heavy atom. The number of aromatic nitrogens is 1. The quantitative estimate of drug-likeness (QED) is 0.866. The summed E-state index contributed by atoms with van der Waals surface area (Å²) < 4.78 is 5.45. The minimum atomic E-state index is -0.771. The highest BCUT2D eigenvalue weighted by atomic mass is 16.5. The third kappa shape index (κ3) is 3.67. The first kappa shape index (κ1) is 19.0. The van der Waals surface area contributed by atoms with E-state index >= 15 is 0 Å². The standard InChI is InChI=1S/C24H31N3O2/c1-18-2-7-23(25-14-18)24(28)9-8-20-16-26(17-22(20)24)15-19-3-5-21(6-4-19)27-10-12-29-13-11-27/h2-7,14,20,22,28H,8-13,15-17H2,1H3/t20-,22+,24-/m0/s1. The maximum Gasteiger partial charge on any atom is 0.111 e. The number of morpholine rings is 1. The van der Waals surface area contributed by atoms with E-state index in [9.17, 15) is 5.11 Å². The first-order valence-electron chi connectivity index (χ1n) is 10.9. The highest BCUT2D eigenvalue weighted by Crippen LogP contribution is 2.50. The van der Waals surface area contributed by atoms with Crippen LogP contribution in [0.4, 0.5) is 5.69 Å². The van der Waals surface area contributed by atoms with Crippen molar-refractivity contribution in [2.75, 3.05) is 44.3 Å². The van der Waals surface area contributed by atoms with Crippen molar-refractivity contribution < 1.29 is 9.84 Å². The normalized spacial score (nSPS) is 29.9. The lowest BCUT2D eigenvalue weighted by molar-refractivity contribution is -0.0108. The molecular weight excluding hydrogens is 362 g/mol. The van der Waals surface area contributed by atoms with Crippen molar-refractivity contribution in [3.05, 3.63) is 59.4 Å². The number of fused-ring (bicyclic) bond motifs is 1. The van der Waals surface area contributed by atoms with Crippen molar-refractivity contribution in [2.45, 2.75) is 31.9 Å². The molecule has 5 heteroatoms. The molecule has 3 atom stereocenters. The van der Waals surface area contributed by atoms with E-state index in [0.717, 1.165) is 70.0 Å². The molecule has 5 nitrogen and oxygen atoms in total. The van der Waals surface area contributed by atoms with Gasteiger partial charge in [-0.15, -0.1) is 0 Å². The lowest BCUT2D eigenvalue weighted by atomic mass is 9.85. The summed E-state index contributed by atoms with van der Waals surface area (Å²) in [6.07, 6.45) is 3.80. The molecule has 0 bridgehead atoms. The van der Waals surface area contributed by atoms with E-state index < -0.39 is 5.60 Å². The number of hydrogen-bond acceptors (Lipinski definition) is 5. The first-order valence-corrected chi connectivity index (χ1v) is 10.9. The van der Waals surface area contributed by atoms with Gasteiger partial charge < -0.3 is 14.7 Å². The molecule has 3 fully saturated rings. The van der Waals surface area contributed by atoms with Crippen LogP contribution in [0.15, 0.2) is 42.6 Å². The van der Waals surface area contributed by atoms with Crippen molar-refractivity contribution in [2.24, 2.45) is 11.8 Å². The van der Waals surface area contributed by atoms with Crippen LogP contribution in [0.25, 0.3) is 0 Å². The molecule has 0 unspecified atom stereocenters. The predicted molar refractivity (Wildman–Crippen MR) is 114 cm³/mol. The van der Waals surface area contributed by atoms with Gasteiger partial charge in [-0.2, -0.15) is 0 Å². The van der Waals surface area contributed by atoms with Crippen molar-refractivity contribution in [3.63, 3.8) is 0 Å². The average molecular weight is 394 g/mol. The maximum absolute atomic E-state index is 11.5. The van der Waals surface area contributed by atoms with Crippen LogP contribution in [0.2, 0.25) is 0 Å². The van der Waals surface area contributed by atoms with E-state index in [1.807, 2.05) is 19.2 Å². The van der Waals surface area contributed by atoms with Crippen LogP contribution < -0.4 is 4.90 Å². The van der Waals surface area contributed by atoms with Gasteiger partial charge in [0.25, 0.3) is 0 Å². The van der Waals surface area contributed by atoms with Crippen LogP contribution in [-0.4, -0.2) is 54.4 Å². The SMILES string of the molecule is Cc1ccc([C@]2(O)CC[C@H]3CN(Cc4ccc(N5CCOCC5)cc4)C[C@H]32)nc1. The molecule has 0 spiro atoms. The van der Waals surface area contributed by atoms with E-state index in [0.29, 0.717) is 5.92 Å². The molecule has 5 rings (SSSR count). The molecule has 1 aromatic carbocycles. The summed E-state index contributed by atoms with van der Waals surface area (Å²) in [4.78, 5) is 9.48. The smallest absolute Gasteiger partial charge is 0.111 e. The van der Waals surface area contributed by atoms with Crippen molar-refractivity contribution in [1.29, 1.82) is 0 Å². The summed E-state index contributed by atoms with van der Waals surface area (Å²) in [5.74, 6) is 0.848. The third-order valence-corrected chi connectivity index (χ3v) is 7.10. The Morgan fingerprint density at radius 3 is 2.62 bits per heavy atom. The lowest BCUT2D eigenvalue weighted by Crippen LogP contribution is -2.36. The van der Waals surface area contributed by atoms with Gasteiger partial charge in [-0.25, -0.2) is 0 Å². The molecule has 1 N–H and O–H groups in total. The van der Waals surface area contributed by atoms with E-state index in [-0.39, 0.29) is 5.92 Å². The molecule has 0 radical (unpaired) electrons. The summed E-state index contributed by atoms with van der Waals surface area (Å²) in [6, 6.07) is 13.1. The van der Waals surface area contributed by atoms with Crippen LogP contribution in [0, 0.1) is 18.8 Å². The van der Waals surface area contributed by atoms with Crippen LogP contribution in [0.3, 0.4) is 0 Å². The number of aliphatic hydroxyl groups is 1. The summed E-state index contributed by atoms with van der Waals surface area (Å²) >= 11 is 0. The molecule has 1 aromatic heterocycles. The predicted octanol–water partition coefficient (Wildman–Crippen LogP) is 2.96. The summed E-state index contributed by atoms with van der Waals surface area (Å²) in [7, 11) is 0. The Labute approximate surface area is 173 Å². The average Bonchev–Trinajstić information content (AvgIpc) is 3.30. The largest absolute Gasteiger partial charge is 0.383 e. The Morgan fingerprint density at radius 1 is 1.10 bits per heavy atom. The van der Waals surface area contributed by atoms with E-state index in [1.165, 1.54) is 11.3 Å². The lowest BCUT2D eigenvalue weighted by Gasteiger charge is -2.30. The summed E-state index contributed by atoms with van der Waals surface area (Å²) in [5.41, 5.74) is 3.86. The number of benzene rings is 1. The van der Waals surface area contributed by atoms with E-state index in [2.05, 4.69) is 45.1 Å². The van der Waals surface area contributed by atoms with Gasteiger partial charge in [-0.1, -0.05) is 18.2 Å². The van der Waals surface area contributed by atoms with Crippen LogP contribution in [0.5, 0.6) is 0 Å². The van der Waals surface area contributed by atoms with Crippen LogP contribution in [-0.2, 0) is 16.9 Å². The van der Waals surface area contributed by atoms with Gasteiger partial charge in [0.15, 0.2) is 0 Å². The van der Waals surface area contributed by atoms with Gasteiger partial charge in [0.1, 0.15) is 5.60 Å². The molecule has 3 aliphatic rings. The van der Waals surface area contributed by atoms with Gasteiger partial charge in [0.05, 0.1) is 18.9 Å². The number of hydrogen-bond donors (Lipinski definition) is 1. The number of rotatable bonds is 4. The minimum absolute atomic E-state index is 0.283. The zero-order chi connectivity index (χ0) is 19.8. The fourth-order valence-electron chi connectivity index (χ4n) is 5.45. The second-order valence-corrected chi connectivity index (χ2v) is 9.01. The van der Waals surface area contributed by atoms with Gasteiger partial charge in [-0.05, 0) is 55.0 Å². The molecule has 2 saturated heterocycles. The topological polar surface area (TPSA) is 48.8 Å². The monoisotopic (exact) mass is 393 g/mol. The Kier molecular flexibility index (Phi) is 5.06. The second-order valence-electron chi connectivity index (χ2n) is 9.01. The maximum atomic E-state index is 11.5. The van der Waals surface area contributed by atoms with Crippen LogP contribution in [0.1, 0.15) is 29.7 Å². The Bertz CT molecular complexity index is 832. The molecular formula is C24H31N3O2.